The average Bonchev–Trinajstić information content (AvgIpc) is 1.04. The maximum absolute atomic E-state index is 14.6. The third-order valence-electron chi connectivity index (χ3n) is 20.9. The van der Waals surface area contributed by atoms with Crippen LogP contribution in [0.5, 0.6) is 0 Å². The second-order valence-corrected chi connectivity index (χ2v) is 34.8. The number of H-pyrrole nitrogens is 1. The molecule has 45 heteroatoms. The van der Waals surface area contributed by atoms with Gasteiger partial charge in [0.2, 0.25) is 106 Å². The number of aromatic nitrogens is 2. The SMILES string of the molecule is CCCCCCCCCCCC[C@@H](N)C(=O)N[C@@H](CC(N)=O)C(=O)N[C@@H](CC(N)=O)C(=O)N[C@@H](CC(C)C)C(=O)N[C@@H](CC(C)C)C(=O)N[C@@H](CCCN=C(N)N)C(=O)N[C@@H](C)C(=O)N[C@H](C(=O)N[C@@H](CCC(=O)O)C(=O)N[C@@H](C)C(=O)N[C@@H](CCC(N)=O)C(=O)N[C@@H](CCC(N)=O)C(=O)N[C@@H](Cc1cnc[nH]1)C(=O)N[C@@H](CC(C)C)C(=O)N[C@H](C=O)CC(C)C)[C@@H](C)CC. The van der Waals surface area contributed by atoms with E-state index < -0.39 is 260 Å². The Hall–Kier alpha value is -12.0. The van der Waals surface area contributed by atoms with Crippen LogP contribution in [-0.2, 0) is 102 Å². The summed E-state index contributed by atoms with van der Waals surface area (Å²) in [5, 5.41) is 44.8. The van der Waals surface area contributed by atoms with Crippen LogP contribution < -0.4 is 115 Å². The normalized spacial score (nSPS) is 14.9. The number of rotatable bonds is 69. The average molecular weight is 1840 g/mol. The van der Waals surface area contributed by atoms with Crippen LogP contribution in [0.1, 0.15) is 263 Å². The minimum atomic E-state index is -1.81. The van der Waals surface area contributed by atoms with Crippen molar-refractivity contribution in [1.82, 2.24) is 84.4 Å². The molecule has 0 unspecified atom stereocenters. The zero-order valence-corrected chi connectivity index (χ0v) is 77.6. The Balaban J connectivity index is 3.60. The first-order valence-corrected chi connectivity index (χ1v) is 44.9. The van der Waals surface area contributed by atoms with Crippen molar-refractivity contribution >= 4 is 125 Å². The van der Waals surface area contributed by atoms with Gasteiger partial charge in [-0.15, -0.1) is 0 Å². The Morgan fingerprint density at radius 3 is 1.12 bits per heavy atom. The molecule has 130 heavy (non-hydrogen) atoms. The Morgan fingerprint density at radius 1 is 0.377 bits per heavy atom. The summed E-state index contributed by atoms with van der Waals surface area (Å²) in [6.07, 6.45) is 8.61. The first-order valence-electron chi connectivity index (χ1n) is 44.9. The van der Waals surface area contributed by atoms with E-state index in [1.54, 1.807) is 48.5 Å². The molecule has 1 rings (SSSR count). The van der Waals surface area contributed by atoms with Gasteiger partial charge in [0.05, 0.1) is 31.3 Å². The number of guanidine groups is 1. The highest BCUT2D eigenvalue weighted by atomic mass is 16.4. The Morgan fingerprint density at radius 2 is 0.723 bits per heavy atom. The van der Waals surface area contributed by atoms with Crippen LogP contribution in [0.25, 0.3) is 0 Å². The molecular weight excluding hydrogens is 1690 g/mol. The summed E-state index contributed by atoms with van der Waals surface area (Å²) in [4.78, 5) is 283. The van der Waals surface area contributed by atoms with E-state index in [0.717, 1.165) is 45.4 Å². The number of primary amides is 4. The van der Waals surface area contributed by atoms with Crippen molar-refractivity contribution in [2.75, 3.05) is 6.54 Å². The number of carboxylic acid groups (broad SMARTS) is 1. The molecule has 0 aliphatic carbocycles. The molecule has 0 bridgehead atoms. The number of nitrogens with two attached hydrogens (primary N) is 7. The highest BCUT2D eigenvalue weighted by Gasteiger charge is 2.40. The number of aromatic amines is 1. The van der Waals surface area contributed by atoms with E-state index in [1.165, 1.54) is 45.6 Å². The standard InChI is InChI=1S/C85H148N24O21/c1-14-16-17-18-19-20-21-22-23-24-26-54(86)73(119)103-63(40-67(89)113)82(128)108-64(41-68(90)114)83(129)106-61(38-48(9)10)80(126)105-60(37-47(7)8)79(125)100-55(27-25-34-94-85(91)92)74(120)97-51(13)72(118)109-70(49(11)15-2)84(130)102-58(30-33-69(115)116)75(121)96-50(12)71(117)99-56(28-31-65(87)111)76(122)101-57(29-32-66(88)112)77(123)107-62(39-52-42-93-44-95-52)81(127)104-59(36-46(5)6)78(124)98-53(43-110)35-45(3)4/h42-51,53-64,70H,14-41,86H2,1-13H3,(H2,87,111)(H2,88,112)(H2,89,113)(H2,90,114)(H,93,95)(H,96,121)(H,97,120)(H,98,124)(H,99,117)(H,100,125)(H,101,122)(H,102,130)(H,103,119)(H,104,127)(H,105,126)(H,106,129)(H,107,123)(H,108,128)(H,109,118)(H,115,116)(H4,91,92,94)/t49-,50-,51-,53-,54+,55-,56-,57-,58-,59-,60-,61-,62-,63-,64-,70-/m0/s1. The first kappa shape index (κ1) is 116. The van der Waals surface area contributed by atoms with Crippen LogP contribution in [0, 0.1) is 29.6 Å². The van der Waals surface area contributed by atoms with Crippen LogP contribution >= 0.6 is 0 Å². The molecule has 18 amide bonds. The number of imidazole rings is 1. The largest absolute Gasteiger partial charge is 0.481 e. The molecule has 16 atom stereocenters. The van der Waals surface area contributed by atoms with Crippen LogP contribution in [-0.4, -0.2) is 237 Å². The summed E-state index contributed by atoms with van der Waals surface area (Å²) in [6.45, 7) is 21.7. The van der Waals surface area contributed by atoms with Crippen LogP contribution in [0.15, 0.2) is 17.5 Å². The number of aldehydes is 1. The topological polar surface area (TPSA) is 753 Å². The van der Waals surface area contributed by atoms with Crippen molar-refractivity contribution in [3.05, 3.63) is 18.2 Å². The number of unbranched alkanes of at least 4 members (excludes halogenated alkanes) is 9. The molecule has 0 aliphatic rings. The minimum absolute atomic E-state index is 0.00883. The quantitative estimate of drug-likeness (QED) is 0.0134. The molecule has 45 nitrogen and oxygen atoms in total. The molecule has 0 saturated heterocycles. The van der Waals surface area contributed by atoms with Crippen molar-refractivity contribution in [1.29, 1.82) is 0 Å². The van der Waals surface area contributed by atoms with E-state index in [-0.39, 0.29) is 87.5 Å². The van der Waals surface area contributed by atoms with Crippen molar-refractivity contribution in [2.24, 2.45) is 74.7 Å². The summed E-state index contributed by atoms with van der Waals surface area (Å²) < 4.78 is 0. The lowest BCUT2D eigenvalue weighted by Gasteiger charge is -2.29. The maximum Gasteiger partial charge on any atom is 0.303 e. The van der Waals surface area contributed by atoms with Gasteiger partial charge in [-0.2, -0.15) is 0 Å². The van der Waals surface area contributed by atoms with Crippen molar-refractivity contribution in [2.45, 2.75) is 354 Å². The van der Waals surface area contributed by atoms with E-state index in [2.05, 4.69) is 96.3 Å². The smallest absolute Gasteiger partial charge is 0.303 e. The van der Waals surface area contributed by atoms with E-state index in [1.807, 2.05) is 13.8 Å². The van der Waals surface area contributed by atoms with Gasteiger partial charge in [0.15, 0.2) is 5.96 Å². The van der Waals surface area contributed by atoms with Crippen LogP contribution in [0.2, 0.25) is 0 Å². The fraction of sp³-hybridized carbons (Fsp3) is 0.718. The number of amides is 18. The fourth-order valence-electron chi connectivity index (χ4n) is 13.6. The van der Waals surface area contributed by atoms with Gasteiger partial charge in [0.25, 0.3) is 0 Å². The molecule has 0 aromatic carbocycles. The lowest BCUT2D eigenvalue weighted by Crippen LogP contribution is -2.61. The first-order chi connectivity index (χ1) is 61.0. The zero-order valence-electron chi connectivity index (χ0n) is 77.6. The molecule has 30 N–H and O–H groups in total. The predicted molar refractivity (Wildman–Crippen MR) is 480 cm³/mol. The molecule has 0 saturated carbocycles. The van der Waals surface area contributed by atoms with Crippen molar-refractivity contribution in [3.63, 3.8) is 0 Å². The number of hydrogen-bond donors (Lipinski definition) is 23. The van der Waals surface area contributed by atoms with E-state index >= 15 is 0 Å². The lowest BCUT2D eigenvalue weighted by molar-refractivity contribution is -0.139. The summed E-state index contributed by atoms with van der Waals surface area (Å²) in [6, 6.07) is -22.7. The van der Waals surface area contributed by atoms with E-state index in [0.29, 0.717) is 24.8 Å². The zero-order chi connectivity index (χ0) is 98.6. The second-order valence-electron chi connectivity index (χ2n) is 34.8. The summed E-state index contributed by atoms with van der Waals surface area (Å²) in [5.41, 5.74) is 39.6. The summed E-state index contributed by atoms with van der Waals surface area (Å²) in [7, 11) is 0. The highest BCUT2D eigenvalue weighted by Crippen LogP contribution is 2.18. The van der Waals surface area contributed by atoms with Gasteiger partial charge in [-0.05, 0) is 108 Å². The number of aliphatic carboxylic acids is 1. The van der Waals surface area contributed by atoms with E-state index in [4.69, 9.17) is 40.1 Å². The van der Waals surface area contributed by atoms with Crippen molar-refractivity contribution < 1.29 is 101 Å². The molecule has 0 spiro atoms. The molecule has 0 aliphatic heterocycles. The number of carbonyl (C=O) groups excluding carboxylic acids is 19. The third-order valence-corrected chi connectivity index (χ3v) is 20.9. The molecule has 1 aromatic heterocycles. The number of nitrogens with one attached hydrogen (secondary N) is 15. The maximum atomic E-state index is 14.6. The molecule has 0 fully saturated rings. The summed E-state index contributed by atoms with van der Waals surface area (Å²) >= 11 is 0. The fourth-order valence-corrected chi connectivity index (χ4v) is 13.6. The molecule has 0 radical (unpaired) electrons. The highest BCUT2D eigenvalue weighted by molar-refractivity contribution is 6.02. The van der Waals surface area contributed by atoms with Gasteiger partial charge in [-0.25, -0.2) is 4.98 Å². The molecule has 734 valence electrons. The number of carbonyl (C=O) groups is 20. The van der Waals surface area contributed by atoms with Gasteiger partial charge in [-0.3, -0.25) is 96.1 Å². The number of aliphatic imine (C=N–C) groups is 1. The Labute approximate surface area is 760 Å². The van der Waals surface area contributed by atoms with Gasteiger partial charge in [0, 0.05) is 44.1 Å². The lowest BCUT2D eigenvalue weighted by atomic mass is 9.97. The number of carboxylic acids is 1. The monoisotopic (exact) mass is 1840 g/mol. The molecule has 1 aromatic rings. The summed E-state index contributed by atoms with van der Waals surface area (Å²) in [5.74, 6) is -21.4. The molecular formula is C85H148N24O21. The van der Waals surface area contributed by atoms with Gasteiger partial charge < -0.3 is 129 Å². The third kappa shape index (κ3) is 49.0. The second kappa shape index (κ2) is 62.3. The van der Waals surface area contributed by atoms with Gasteiger partial charge in [0.1, 0.15) is 84.8 Å². The van der Waals surface area contributed by atoms with Gasteiger partial charge >= 0.3 is 5.97 Å². The Bertz CT molecular complexity index is 3900. The van der Waals surface area contributed by atoms with Crippen molar-refractivity contribution in [3.8, 4) is 0 Å². The van der Waals surface area contributed by atoms with Gasteiger partial charge in [-0.1, -0.05) is 147 Å². The van der Waals surface area contributed by atoms with Crippen LogP contribution in [0.3, 0.4) is 0 Å². The minimum Gasteiger partial charge on any atom is -0.481 e. The van der Waals surface area contributed by atoms with E-state index in [9.17, 15) is 101 Å². The molecule has 1 heterocycles. The van der Waals surface area contributed by atoms with Crippen LogP contribution in [0.4, 0.5) is 0 Å². The predicted octanol–water partition coefficient (Wildman–Crippen LogP) is -2.95. The Kier molecular flexibility index (Phi) is 55.6. The number of hydrogen-bond acceptors (Lipinski definition) is 23. The number of nitrogens with zero attached hydrogens (tertiary/aromatic N) is 2.